The van der Waals surface area contributed by atoms with Crippen LogP contribution in [-0.4, -0.2) is 9.97 Å². The quantitative estimate of drug-likeness (QED) is 0.875. The molecule has 0 atom stereocenters. The van der Waals surface area contributed by atoms with Gasteiger partial charge >= 0.3 is 6.18 Å². The normalized spacial score (nSPS) is 11.6. The predicted octanol–water partition coefficient (Wildman–Crippen LogP) is 2.20. The summed E-state index contributed by atoms with van der Waals surface area (Å²) in [6, 6.07) is 3.56. The van der Waals surface area contributed by atoms with Crippen LogP contribution >= 0.6 is 0 Å². The second-order valence-corrected chi connectivity index (χ2v) is 3.95. The van der Waals surface area contributed by atoms with E-state index >= 15 is 0 Å². The van der Waals surface area contributed by atoms with Gasteiger partial charge in [-0.15, -0.1) is 0 Å². The maximum Gasteiger partial charge on any atom is 0.416 e. The zero-order valence-corrected chi connectivity index (χ0v) is 9.78. The molecule has 4 nitrogen and oxygen atoms in total. The molecule has 0 saturated heterocycles. The predicted molar refractivity (Wildman–Crippen MR) is 64.8 cm³/mol. The van der Waals surface area contributed by atoms with E-state index in [1.807, 2.05) is 0 Å². The fraction of sp³-hybridized carbons (Fsp3) is 0.167. The van der Waals surface area contributed by atoms with Crippen LogP contribution in [0.1, 0.15) is 11.1 Å². The number of benzene rings is 1. The summed E-state index contributed by atoms with van der Waals surface area (Å²) in [7, 11) is 0. The number of nitrogen functional groups attached to an aromatic ring is 1. The summed E-state index contributed by atoms with van der Waals surface area (Å²) < 4.78 is 38.3. The number of hydrogen-bond donors (Lipinski definition) is 2. The summed E-state index contributed by atoms with van der Waals surface area (Å²) in [5.74, 6) is 0.143. The highest BCUT2D eigenvalue weighted by Gasteiger charge is 2.31. The molecule has 2 rings (SSSR count). The van der Waals surface area contributed by atoms with Crippen LogP contribution in [0.5, 0.6) is 0 Å². The van der Waals surface area contributed by atoms with E-state index in [4.69, 9.17) is 11.5 Å². The summed E-state index contributed by atoms with van der Waals surface area (Å²) in [5, 5.41) is 0. The van der Waals surface area contributed by atoms with Gasteiger partial charge in [-0.05, 0) is 23.8 Å². The molecule has 0 aliphatic heterocycles. The van der Waals surface area contributed by atoms with Crippen LogP contribution in [0.2, 0.25) is 0 Å². The van der Waals surface area contributed by atoms with Crippen LogP contribution in [0.3, 0.4) is 0 Å². The highest BCUT2D eigenvalue weighted by molar-refractivity contribution is 5.62. The molecule has 0 spiro atoms. The van der Waals surface area contributed by atoms with Gasteiger partial charge in [0, 0.05) is 12.1 Å². The van der Waals surface area contributed by atoms with Crippen molar-refractivity contribution in [3.05, 3.63) is 41.7 Å². The van der Waals surface area contributed by atoms with E-state index in [9.17, 15) is 13.2 Å². The van der Waals surface area contributed by atoms with Crippen LogP contribution in [0, 0.1) is 0 Å². The summed E-state index contributed by atoms with van der Waals surface area (Å²) in [6.45, 7) is 0.00661. The van der Waals surface area contributed by atoms with Gasteiger partial charge < -0.3 is 11.5 Å². The van der Waals surface area contributed by atoms with E-state index in [0.29, 0.717) is 5.56 Å². The molecule has 1 aromatic carbocycles. The Morgan fingerprint density at radius 3 is 2.42 bits per heavy atom. The molecule has 0 amide bonds. The molecular formula is C12H11F3N4. The number of anilines is 1. The third kappa shape index (κ3) is 3.00. The Morgan fingerprint density at radius 1 is 1.11 bits per heavy atom. The van der Waals surface area contributed by atoms with Crippen molar-refractivity contribution < 1.29 is 13.2 Å². The number of nitrogens with two attached hydrogens (primary N) is 2. The Hall–Kier alpha value is -2.15. The molecule has 1 heterocycles. The molecule has 100 valence electrons. The van der Waals surface area contributed by atoms with Crippen LogP contribution < -0.4 is 11.5 Å². The third-order valence-electron chi connectivity index (χ3n) is 2.50. The molecule has 19 heavy (non-hydrogen) atoms. The molecule has 0 aliphatic rings. The van der Waals surface area contributed by atoms with E-state index in [-0.39, 0.29) is 23.6 Å². The van der Waals surface area contributed by atoms with Gasteiger partial charge in [-0.3, -0.25) is 4.98 Å². The van der Waals surface area contributed by atoms with Crippen molar-refractivity contribution in [3.8, 4) is 11.3 Å². The maximum atomic E-state index is 12.8. The molecule has 0 radical (unpaired) electrons. The van der Waals surface area contributed by atoms with Gasteiger partial charge in [0.2, 0.25) is 0 Å². The lowest BCUT2D eigenvalue weighted by atomic mass is 10.0. The first-order chi connectivity index (χ1) is 8.90. The Bertz CT molecular complexity index is 596. The van der Waals surface area contributed by atoms with Crippen LogP contribution in [0.25, 0.3) is 11.3 Å². The fourth-order valence-electron chi connectivity index (χ4n) is 1.64. The molecule has 1 aromatic heterocycles. The van der Waals surface area contributed by atoms with Crippen molar-refractivity contribution in [2.75, 3.05) is 5.73 Å². The first-order valence-electron chi connectivity index (χ1n) is 5.39. The van der Waals surface area contributed by atoms with E-state index in [1.165, 1.54) is 12.4 Å². The number of hydrogen-bond acceptors (Lipinski definition) is 4. The van der Waals surface area contributed by atoms with Gasteiger partial charge in [-0.1, -0.05) is 0 Å². The smallest absolute Gasteiger partial charge is 0.382 e. The third-order valence-corrected chi connectivity index (χ3v) is 2.50. The van der Waals surface area contributed by atoms with E-state index in [2.05, 4.69) is 9.97 Å². The zero-order valence-electron chi connectivity index (χ0n) is 9.78. The number of alkyl halides is 3. The Labute approximate surface area is 107 Å². The molecule has 0 unspecified atom stereocenters. The molecule has 0 aliphatic carbocycles. The first kappa shape index (κ1) is 13.3. The maximum absolute atomic E-state index is 12.8. The lowest BCUT2D eigenvalue weighted by Gasteiger charge is -2.11. The monoisotopic (exact) mass is 268 g/mol. The van der Waals surface area contributed by atoms with Crippen molar-refractivity contribution in [2.24, 2.45) is 5.73 Å². The molecule has 0 saturated carbocycles. The van der Waals surface area contributed by atoms with Crippen LogP contribution in [0.15, 0.2) is 30.6 Å². The molecule has 0 bridgehead atoms. The minimum atomic E-state index is -4.44. The van der Waals surface area contributed by atoms with E-state index in [1.54, 1.807) is 6.07 Å². The number of nitrogens with zero attached hydrogens (tertiary/aromatic N) is 2. The topological polar surface area (TPSA) is 77.8 Å². The highest BCUT2D eigenvalue weighted by atomic mass is 19.4. The standard InChI is InChI=1S/C12H11F3N4/c13-12(14,15)9-2-7(4-16)1-8(3-9)10-5-18-6-11(17)19-10/h1-3,5-6H,4,16H2,(H2,17,19). The average molecular weight is 268 g/mol. The minimum absolute atomic E-state index is 0.00661. The van der Waals surface area contributed by atoms with Gasteiger partial charge in [-0.2, -0.15) is 13.2 Å². The number of halogens is 3. The minimum Gasteiger partial charge on any atom is -0.382 e. The number of rotatable bonds is 2. The summed E-state index contributed by atoms with van der Waals surface area (Å²) in [4.78, 5) is 7.76. The Kier molecular flexibility index (Phi) is 3.39. The van der Waals surface area contributed by atoms with Crippen LogP contribution in [-0.2, 0) is 12.7 Å². The molecule has 7 heteroatoms. The summed E-state index contributed by atoms with van der Waals surface area (Å²) in [6.07, 6.45) is -1.76. The molecule has 2 aromatic rings. The van der Waals surface area contributed by atoms with Gasteiger partial charge in [-0.25, -0.2) is 4.98 Å². The SMILES string of the molecule is NCc1cc(-c2cncc(N)n2)cc(C(F)(F)F)c1. The van der Waals surface area contributed by atoms with E-state index in [0.717, 1.165) is 12.1 Å². The van der Waals surface area contributed by atoms with Gasteiger partial charge in [0.05, 0.1) is 23.7 Å². The lowest BCUT2D eigenvalue weighted by Crippen LogP contribution is -2.08. The summed E-state index contributed by atoms with van der Waals surface area (Å²) in [5.41, 5.74) is 11.0. The highest BCUT2D eigenvalue weighted by Crippen LogP contribution is 2.33. The first-order valence-corrected chi connectivity index (χ1v) is 5.39. The number of aromatic nitrogens is 2. The Balaban J connectivity index is 2.57. The molecular weight excluding hydrogens is 257 g/mol. The lowest BCUT2D eigenvalue weighted by molar-refractivity contribution is -0.137. The largest absolute Gasteiger partial charge is 0.416 e. The van der Waals surface area contributed by atoms with Crippen molar-refractivity contribution >= 4 is 5.82 Å². The summed E-state index contributed by atoms with van der Waals surface area (Å²) >= 11 is 0. The van der Waals surface area contributed by atoms with Crippen molar-refractivity contribution in [1.29, 1.82) is 0 Å². The van der Waals surface area contributed by atoms with Crippen LogP contribution in [0.4, 0.5) is 19.0 Å². The molecule has 0 fully saturated rings. The van der Waals surface area contributed by atoms with Crippen molar-refractivity contribution in [2.45, 2.75) is 12.7 Å². The van der Waals surface area contributed by atoms with Gasteiger partial charge in [0.15, 0.2) is 0 Å². The molecule has 4 N–H and O–H groups in total. The second-order valence-electron chi connectivity index (χ2n) is 3.95. The van der Waals surface area contributed by atoms with E-state index < -0.39 is 11.7 Å². The van der Waals surface area contributed by atoms with Crippen molar-refractivity contribution in [3.63, 3.8) is 0 Å². The van der Waals surface area contributed by atoms with Gasteiger partial charge in [0.1, 0.15) is 5.82 Å². The fourth-order valence-corrected chi connectivity index (χ4v) is 1.64. The van der Waals surface area contributed by atoms with Crippen molar-refractivity contribution in [1.82, 2.24) is 9.97 Å². The second kappa shape index (κ2) is 4.85. The van der Waals surface area contributed by atoms with Gasteiger partial charge in [0.25, 0.3) is 0 Å². The zero-order chi connectivity index (χ0) is 14.0. The Morgan fingerprint density at radius 2 is 1.84 bits per heavy atom. The average Bonchev–Trinajstić information content (AvgIpc) is 2.37.